The van der Waals surface area contributed by atoms with E-state index >= 15 is 0 Å². The lowest BCUT2D eigenvalue weighted by Gasteiger charge is -2.43. The van der Waals surface area contributed by atoms with Crippen molar-refractivity contribution < 1.29 is 24.1 Å². The van der Waals surface area contributed by atoms with Crippen LogP contribution in [0.5, 0.6) is 11.5 Å². The Hall–Kier alpha value is -4.99. The molecule has 2 amide bonds. The number of urea groups is 1. The minimum absolute atomic E-state index is 0.0212. The van der Waals surface area contributed by atoms with Gasteiger partial charge < -0.3 is 34.9 Å². The first kappa shape index (κ1) is 35.4. The molecule has 268 valence electrons. The van der Waals surface area contributed by atoms with E-state index in [9.17, 15) is 9.90 Å². The van der Waals surface area contributed by atoms with Crippen molar-refractivity contribution in [3.8, 4) is 22.6 Å². The zero-order chi connectivity index (χ0) is 35.7. The van der Waals surface area contributed by atoms with E-state index in [0.717, 1.165) is 58.8 Å². The molecular weight excluding hydrogens is 651 g/mol. The van der Waals surface area contributed by atoms with Crippen LogP contribution in [0.1, 0.15) is 60.8 Å². The number of ether oxygens (including phenoxy) is 3. The van der Waals surface area contributed by atoms with Crippen molar-refractivity contribution in [3.05, 3.63) is 150 Å². The fourth-order valence-electron chi connectivity index (χ4n) is 7.01. The van der Waals surface area contributed by atoms with E-state index in [4.69, 9.17) is 14.2 Å². The molecule has 2 aliphatic rings. The Morgan fingerprint density at radius 1 is 0.750 bits per heavy atom. The molecule has 5 aromatic rings. The van der Waals surface area contributed by atoms with Gasteiger partial charge in [0.15, 0.2) is 6.29 Å². The molecule has 0 spiro atoms. The summed E-state index contributed by atoms with van der Waals surface area (Å²) < 4.78 is 19.3. The van der Waals surface area contributed by atoms with E-state index in [2.05, 4.69) is 71.0 Å². The van der Waals surface area contributed by atoms with Gasteiger partial charge in [-0.2, -0.15) is 0 Å². The number of amides is 2. The van der Waals surface area contributed by atoms with Crippen molar-refractivity contribution in [2.24, 2.45) is 5.92 Å². The van der Waals surface area contributed by atoms with Crippen molar-refractivity contribution >= 4 is 11.7 Å². The van der Waals surface area contributed by atoms with Crippen LogP contribution in [0.2, 0.25) is 0 Å². The van der Waals surface area contributed by atoms with Gasteiger partial charge in [0.25, 0.3) is 0 Å². The molecule has 4 atom stereocenters. The van der Waals surface area contributed by atoms with Crippen LogP contribution in [0.3, 0.4) is 0 Å². The summed E-state index contributed by atoms with van der Waals surface area (Å²) >= 11 is 0. The van der Waals surface area contributed by atoms with Crippen LogP contribution < -0.4 is 15.4 Å². The van der Waals surface area contributed by atoms with Crippen molar-refractivity contribution in [3.63, 3.8) is 0 Å². The van der Waals surface area contributed by atoms with Gasteiger partial charge >= 0.3 is 6.03 Å². The minimum Gasteiger partial charge on any atom is -0.457 e. The normalized spacial score (nSPS) is 20.6. The van der Waals surface area contributed by atoms with Crippen LogP contribution >= 0.6 is 0 Å². The van der Waals surface area contributed by atoms with Gasteiger partial charge in [-0.05, 0) is 96.2 Å². The van der Waals surface area contributed by atoms with Crippen molar-refractivity contribution in [1.82, 2.24) is 10.2 Å². The summed E-state index contributed by atoms with van der Waals surface area (Å²) in [6, 6.07) is 41.3. The average molecular weight is 698 g/mol. The topological polar surface area (TPSA) is 92.3 Å². The van der Waals surface area contributed by atoms with E-state index in [1.54, 1.807) is 0 Å². The Labute approximate surface area is 306 Å². The highest BCUT2D eigenvalue weighted by Crippen LogP contribution is 2.42. The third-order valence-electron chi connectivity index (χ3n) is 10.00. The molecule has 0 aliphatic carbocycles. The molecular formula is C44H47N3O5. The number of carbonyl (C=O) groups is 1. The van der Waals surface area contributed by atoms with Crippen LogP contribution in [0.15, 0.2) is 127 Å². The molecule has 0 unspecified atom stereocenters. The zero-order valence-electron chi connectivity index (χ0n) is 29.6. The van der Waals surface area contributed by atoms with Gasteiger partial charge in [-0.1, -0.05) is 98.3 Å². The number of rotatable bonds is 11. The smallest absolute Gasteiger partial charge is 0.319 e. The van der Waals surface area contributed by atoms with E-state index in [0.29, 0.717) is 18.0 Å². The van der Waals surface area contributed by atoms with Crippen LogP contribution in [0, 0.1) is 5.92 Å². The van der Waals surface area contributed by atoms with E-state index in [1.165, 1.54) is 19.3 Å². The number of benzene rings is 5. The number of carbonyl (C=O) groups excluding carboxylic acids is 1. The number of hydrogen-bond donors (Lipinski definition) is 3. The van der Waals surface area contributed by atoms with Crippen molar-refractivity contribution in [2.45, 2.75) is 57.8 Å². The van der Waals surface area contributed by atoms with E-state index in [-0.39, 0.29) is 30.8 Å². The molecule has 8 nitrogen and oxygen atoms in total. The van der Waals surface area contributed by atoms with Crippen molar-refractivity contribution in [2.75, 3.05) is 25.0 Å². The van der Waals surface area contributed by atoms with E-state index < -0.39 is 6.29 Å². The lowest BCUT2D eigenvalue weighted by Crippen LogP contribution is -2.45. The van der Waals surface area contributed by atoms with Gasteiger partial charge in [0.05, 0.1) is 18.8 Å². The number of hydrogen-bond acceptors (Lipinski definition) is 6. The first-order valence-corrected chi connectivity index (χ1v) is 18.3. The molecule has 2 heterocycles. The Kier molecular flexibility index (Phi) is 11.6. The summed E-state index contributed by atoms with van der Waals surface area (Å²) in [7, 11) is 0. The lowest BCUT2D eigenvalue weighted by molar-refractivity contribution is -0.276. The Balaban J connectivity index is 0.980. The molecule has 5 aromatic carbocycles. The molecule has 52 heavy (non-hydrogen) atoms. The maximum atomic E-state index is 12.7. The molecule has 0 saturated carbocycles. The van der Waals surface area contributed by atoms with Crippen LogP contribution in [0.4, 0.5) is 10.5 Å². The highest BCUT2D eigenvalue weighted by Gasteiger charge is 2.39. The molecule has 0 radical (unpaired) electrons. The number of piperidine rings is 1. The fraction of sp³-hybridized carbons (Fsp3) is 0.295. The summed E-state index contributed by atoms with van der Waals surface area (Å²) in [4.78, 5) is 15.2. The molecule has 0 aromatic heterocycles. The standard InChI is InChI=1S/C44H47N3O5/c1-31-41(29-47-25-6-3-7-26-47)51-43(52-42(31)35-15-13-32(30-48)14-16-35)36-19-17-34(18-20-36)37-10-8-9-33(27-37)28-45-44(49)46-38-21-23-40(24-22-38)50-39-11-4-2-5-12-39/h2,4-5,8-24,27,31,41-43,48H,3,6-7,25-26,28-30H2,1H3,(H2,45,46,49)/t31-,41+,42+,43+/m0/s1. The SMILES string of the molecule is C[C@H]1[C@@H](CN2CCCCC2)O[C@@H](c2ccc(-c3cccc(CNC(=O)Nc4ccc(Oc5ccccc5)cc4)c3)cc2)O[C@H]1c1ccc(CO)cc1. The summed E-state index contributed by atoms with van der Waals surface area (Å²) in [5.74, 6) is 1.62. The first-order chi connectivity index (χ1) is 25.5. The van der Waals surface area contributed by atoms with Gasteiger partial charge in [-0.25, -0.2) is 4.79 Å². The molecule has 2 aliphatic heterocycles. The Bertz CT molecular complexity index is 1880. The molecule has 0 bridgehead atoms. The van der Waals surface area contributed by atoms with E-state index in [1.807, 2.05) is 78.9 Å². The average Bonchev–Trinajstić information content (AvgIpc) is 3.20. The van der Waals surface area contributed by atoms with Gasteiger partial charge in [0.1, 0.15) is 11.5 Å². The molecule has 8 heteroatoms. The second-order valence-electron chi connectivity index (χ2n) is 13.8. The summed E-state index contributed by atoms with van der Waals surface area (Å²) in [5.41, 5.74) is 6.76. The molecule has 2 fully saturated rings. The summed E-state index contributed by atoms with van der Waals surface area (Å²) in [5, 5.41) is 15.4. The van der Waals surface area contributed by atoms with Gasteiger partial charge in [-0.3, -0.25) is 0 Å². The quantitative estimate of drug-likeness (QED) is 0.128. The molecule has 7 rings (SSSR count). The summed E-state index contributed by atoms with van der Waals surface area (Å²) in [6.07, 6.45) is 3.16. The number of para-hydroxylation sites is 1. The number of likely N-dealkylation sites (tertiary alicyclic amines) is 1. The third kappa shape index (κ3) is 9.08. The Morgan fingerprint density at radius 2 is 1.46 bits per heavy atom. The number of aliphatic hydroxyl groups excluding tert-OH is 1. The molecule has 2 saturated heterocycles. The minimum atomic E-state index is -0.496. The zero-order valence-corrected chi connectivity index (χ0v) is 29.6. The number of anilines is 1. The predicted molar refractivity (Wildman–Crippen MR) is 204 cm³/mol. The second kappa shape index (κ2) is 17.0. The second-order valence-corrected chi connectivity index (χ2v) is 13.8. The number of nitrogens with zero attached hydrogens (tertiary/aromatic N) is 1. The van der Waals surface area contributed by atoms with Crippen LogP contribution in [-0.2, 0) is 22.6 Å². The first-order valence-electron chi connectivity index (χ1n) is 18.3. The Morgan fingerprint density at radius 3 is 2.19 bits per heavy atom. The predicted octanol–water partition coefficient (Wildman–Crippen LogP) is 9.24. The molecule has 3 N–H and O–H groups in total. The highest BCUT2D eigenvalue weighted by molar-refractivity contribution is 5.89. The monoisotopic (exact) mass is 697 g/mol. The largest absolute Gasteiger partial charge is 0.457 e. The van der Waals surface area contributed by atoms with Gasteiger partial charge in [0, 0.05) is 30.3 Å². The fourth-order valence-corrected chi connectivity index (χ4v) is 7.01. The number of aliphatic hydroxyl groups is 1. The van der Waals surface area contributed by atoms with Crippen LogP contribution in [0.25, 0.3) is 11.1 Å². The van der Waals surface area contributed by atoms with Crippen LogP contribution in [-0.4, -0.2) is 41.8 Å². The lowest BCUT2D eigenvalue weighted by atomic mass is 9.89. The number of nitrogens with one attached hydrogen (secondary N) is 2. The maximum Gasteiger partial charge on any atom is 0.319 e. The third-order valence-corrected chi connectivity index (χ3v) is 10.00. The van der Waals surface area contributed by atoms with Crippen molar-refractivity contribution in [1.29, 1.82) is 0 Å². The highest BCUT2D eigenvalue weighted by atomic mass is 16.7. The maximum absolute atomic E-state index is 12.7. The summed E-state index contributed by atoms with van der Waals surface area (Å²) in [6.45, 7) is 5.74. The van der Waals surface area contributed by atoms with Gasteiger partial charge in [-0.15, -0.1) is 0 Å². The van der Waals surface area contributed by atoms with Gasteiger partial charge in [0.2, 0.25) is 0 Å².